The molecule has 0 spiro atoms. The number of carbonyl (C=O) groups is 3. The lowest BCUT2D eigenvalue weighted by molar-refractivity contribution is -0.140. The summed E-state index contributed by atoms with van der Waals surface area (Å²) >= 11 is 0.969. The highest BCUT2D eigenvalue weighted by molar-refractivity contribution is 7.11. The number of aliphatic carboxylic acids is 1. The van der Waals surface area contributed by atoms with Crippen molar-refractivity contribution in [1.82, 2.24) is 20.8 Å². The molecule has 3 amide bonds. The SMILES string of the molecule is CC(O)C(N)c1nnc(C(CC(N)=O)NC(=O)NC(CO)C(=O)O)s1. The summed E-state index contributed by atoms with van der Waals surface area (Å²) in [5, 5.41) is 39.7. The second-order valence-electron chi connectivity index (χ2n) is 5.16. The molecule has 4 atom stereocenters. The number of hydrogen-bond donors (Lipinski definition) is 7. The third-order valence-electron chi connectivity index (χ3n) is 3.06. The van der Waals surface area contributed by atoms with Gasteiger partial charge in [-0.05, 0) is 6.92 Å². The monoisotopic (exact) mass is 376 g/mol. The molecule has 0 bridgehead atoms. The maximum atomic E-state index is 11.9. The summed E-state index contributed by atoms with van der Waals surface area (Å²) in [7, 11) is 0. The largest absolute Gasteiger partial charge is 0.480 e. The molecular formula is C12H20N6O6S. The molecule has 9 N–H and O–H groups in total. The lowest BCUT2D eigenvalue weighted by Crippen LogP contribution is -2.49. The Morgan fingerprint density at radius 3 is 2.32 bits per heavy atom. The fraction of sp³-hybridized carbons (Fsp3) is 0.583. The van der Waals surface area contributed by atoms with Crippen LogP contribution < -0.4 is 22.1 Å². The zero-order chi connectivity index (χ0) is 19.1. The summed E-state index contributed by atoms with van der Waals surface area (Å²) in [6.45, 7) is 0.661. The average molecular weight is 376 g/mol. The first-order chi connectivity index (χ1) is 11.6. The minimum atomic E-state index is -1.51. The molecule has 1 rings (SSSR count). The Bertz CT molecular complexity index is 623. The quantitative estimate of drug-likeness (QED) is 0.244. The summed E-state index contributed by atoms with van der Waals surface area (Å²) in [5.74, 6) is -2.16. The molecular weight excluding hydrogens is 356 g/mol. The van der Waals surface area contributed by atoms with E-state index in [1.165, 1.54) is 6.92 Å². The average Bonchev–Trinajstić information content (AvgIpc) is 3.00. The van der Waals surface area contributed by atoms with E-state index in [4.69, 9.17) is 21.7 Å². The molecule has 4 unspecified atom stereocenters. The highest BCUT2D eigenvalue weighted by Gasteiger charge is 2.26. The van der Waals surface area contributed by atoms with Gasteiger partial charge in [0.1, 0.15) is 10.0 Å². The number of aliphatic hydroxyl groups is 2. The van der Waals surface area contributed by atoms with Crippen LogP contribution in [0.25, 0.3) is 0 Å². The van der Waals surface area contributed by atoms with Crippen LogP contribution in [-0.2, 0) is 9.59 Å². The molecule has 0 fully saturated rings. The van der Waals surface area contributed by atoms with Gasteiger partial charge in [-0.15, -0.1) is 10.2 Å². The molecule has 1 aromatic heterocycles. The minimum Gasteiger partial charge on any atom is -0.480 e. The number of carboxylic acid groups (broad SMARTS) is 1. The topological polar surface area (TPSA) is 214 Å². The number of hydrogen-bond acceptors (Lipinski definition) is 9. The Hall–Kier alpha value is -2.35. The standard InChI is InChI=1S/C12H20N6O6S/c1-4(20)8(14)10-18-17-9(25-10)5(2-7(13)21)15-12(24)16-6(3-19)11(22)23/h4-6,8,19-20H,2-3,14H2,1H3,(H2,13,21)(H,22,23)(H2,15,16,24). The predicted molar refractivity (Wildman–Crippen MR) is 85.2 cm³/mol. The Morgan fingerprint density at radius 2 is 1.84 bits per heavy atom. The van der Waals surface area contributed by atoms with Gasteiger partial charge in [0, 0.05) is 0 Å². The first kappa shape index (κ1) is 20.7. The summed E-state index contributed by atoms with van der Waals surface area (Å²) in [6.07, 6.45) is -1.20. The Kier molecular flexibility index (Phi) is 7.63. The number of nitrogens with zero attached hydrogens (tertiary/aromatic N) is 2. The van der Waals surface area contributed by atoms with Crippen LogP contribution in [0.3, 0.4) is 0 Å². The van der Waals surface area contributed by atoms with Gasteiger partial charge in [-0.1, -0.05) is 11.3 Å². The molecule has 1 aromatic rings. The van der Waals surface area contributed by atoms with Gasteiger partial charge in [-0.2, -0.15) is 0 Å². The van der Waals surface area contributed by atoms with Crippen molar-refractivity contribution >= 4 is 29.2 Å². The lowest BCUT2D eigenvalue weighted by Gasteiger charge is -2.17. The number of amides is 3. The molecule has 25 heavy (non-hydrogen) atoms. The fourth-order valence-corrected chi connectivity index (χ4v) is 2.67. The van der Waals surface area contributed by atoms with Gasteiger partial charge in [0.2, 0.25) is 5.91 Å². The van der Waals surface area contributed by atoms with Crippen LogP contribution in [0.5, 0.6) is 0 Å². The lowest BCUT2D eigenvalue weighted by atomic mass is 10.2. The highest BCUT2D eigenvalue weighted by Crippen LogP contribution is 2.25. The number of aromatic nitrogens is 2. The molecule has 0 saturated carbocycles. The third kappa shape index (κ3) is 6.22. The van der Waals surface area contributed by atoms with Crippen molar-refractivity contribution in [3.63, 3.8) is 0 Å². The van der Waals surface area contributed by atoms with E-state index in [0.29, 0.717) is 5.01 Å². The van der Waals surface area contributed by atoms with E-state index in [1.807, 2.05) is 5.32 Å². The normalized spacial score (nSPS) is 15.7. The molecule has 140 valence electrons. The molecule has 0 aliphatic rings. The van der Waals surface area contributed by atoms with E-state index in [9.17, 15) is 19.5 Å². The molecule has 13 heteroatoms. The summed E-state index contributed by atoms with van der Waals surface area (Å²) in [4.78, 5) is 33.9. The number of rotatable bonds is 9. The molecule has 0 aromatic carbocycles. The van der Waals surface area contributed by atoms with Crippen molar-refractivity contribution in [1.29, 1.82) is 0 Å². The summed E-state index contributed by atoms with van der Waals surface area (Å²) in [5.41, 5.74) is 10.9. The molecule has 0 saturated heterocycles. The second-order valence-corrected chi connectivity index (χ2v) is 6.20. The van der Waals surface area contributed by atoms with Crippen LogP contribution in [-0.4, -0.2) is 62.2 Å². The van der Waals surface area contributed by atoms with Crippen molar-refractivity contribution in [3.05, 3.63) is 10.0 Å². The Morgan fingerprint density at radius 1 is 1.24 bits per heavy atom. The number of primary amides is 1. The molecule has 0 radical (unpaired) electrons. The smallest absolute Gasteiger partial charge is 0.328 e. The predicted octanol–water partition coefficient (Wildman–Crippen LogP) is -2.42. The minimum absolute atomic E-state index is 0.205. The Labute approximate surface area is 146 Å². The van der Waals surface area contributed by atoms with Gasteiger partial charge in [0.05, 0.1) is 31.2 Å². The van der Waals surface area contributed by atoms with Gasteiger partial charge in [0.25, 0.3) is 0 Å². The van der Waals surface area contributed by atoms with Crippen molar-refractivity contribution in [2.45, 2.75) is 37.6 Å². The summed E-state index contributed by atoms with van der Waals surface area (Å²) in [6, 6.07) is -4.22. The van der Waals surface area contributed by atoms with E-state index in [1.54, 1.807) is 0 Å². The maximum Gasteiger partial charge on any atom is 0.328 e. The summed E-state index contributed by atoms with van der Waals surface area (Å²) < 4.78 is 0. The number of carbonyl (C=O) groups excluding carboxylic acids is 2. The van der Waals surface area contributed by atoms with Crippen LogP contribution in [0.1, 0.15) is 35.4 Å². The van der Waals surface area contributed by atoms with Crippen molar-refractivity contribution in [3.8, 4) is 0 Å². The molecule has 0 aliphatic carbocycles. The molecule has 12 nitrogen and oxygen atoms in total. The van der Waals surface area contributed by atoms with Crippen LogP contribution in [0.2, 0.25) is 0 Å². The van der Waals surface area contributed by atoms with E-state index in [0.717, 1.165) is 11.3 Å². The van der Waals surface area contributed by atoms with Crippen LogP contribution in [0.15, 0.2) is 0 Å². The first-order valence-corrected chi connectivity index (χ1v) is 7.93. The fourth-order valence-electron chi connectivity index (χ4n) is 1.67. The number of carboxylic acids is 1. The van der Waals surface area contributed by atoms with Crippen molar-refractivity contribution in [2.75, 3.05) is 6.61 Å². The first-order valence-electron chi connectivity index (χ1n) is 7.11. The van der Waals surface area contributed by atoms with Crippen molar-refractivity contribution < 1.29 is 29.7 Å². The number of nitrogens with two attached hydrogens (primary N) is 2. The van der Waals surface area contributed by atoms with Gasteiger partial charge >= 0.3 is 12.0 Å². The number of urea groups is 1. The molecule has 1 heterocycles. The van der Waals surface area contributed by atoms with Gasteiger partial charge in [0.15, 0.2) is 6.04 Å². The number of aliphatic hydroxyl groups excluding tert-OH is 2. The van der Waals surface area contributed by atoms with Gasteiger partial charge in [-0.3, -0.25) is 4.79 Å². The van der Waals surface area contributed by atoms with Crippen molar-refractivity contribution in [2.24, 2.45) is 11.5 Å². The van der Waals surface area contributed by atoms with E-state index < -0.39 is 48.7 Å². The van der Waals surface area contributed by atoms with E-state index >= 15 is 0 Å². The van der Waals surface area contributed by atoms with E-state index in [-0.39, 0.29) is 11.4 Å². The third-order valence-corrected chi connectivity index (χ3v) is 4.19. The molecule has 0 aliphatic heterocycles. The number of nitrogens with one attached hydrogen (secondary N) is 2. The van der Waals surface area contributed by atoms with Crippen LogP contribution in [0.4, 0.5) is 4.79 Å². The maximum absolute atomic E-state index is 11.9. The van der Waals surface area contributed by atoms with E-state index in [2.05, 4.69) is 15.5 Å². The van der Waals surface area contributed by atoms with Crippen LogP contribution >= 0.6 is 11.3 Å². The zero-order valence-corrected chi connectivity index (χ0v) is 14.1. The highest BCUT2D eigenvalue weighted by atomic mass is 32.1. The van der Waals surface area contributed by atoms with Crippen LogP contribution in [0, 0.1) is 0 Å². The zero-order valence-electron chi connectivity index (χ0n) is 13.2. The second kappa shape index (κ2) is 9.22. The Balaban J connectivity index is 2.89. The van der Waals surface area contributed by atoms with Gasteiger partial charge < -0.3 is 37.4 Å². The van der Waals surface area contributed by atoms with Gasteiger partial charge in [-0.25, -0.2) is 9.59 Å².